The molecule has 0 spiro atoms. The molecule has 2 N–H and O–H groups in total. The Labute approximate surface area is 161 Å². The van der Waals surface area contributed by atoms with Gasteiger partial charge < -0.3 is 15.4 Å². The average Bonchev–Trinajstić information content (AvgIpc) is 3.10. The first-order valence-corrected chi connectivity index (χ1v) is 9.91. The lowest BCUT2D eigenvalue weighted by molar-refractivity contribution is -0.130. The Morgan fingerprint density at radius 2 is 2.00 bits per heavy atom. The maximum Gasteiger partial charge on any atom is 0.223 e. The number of hydrogen-bond donors (Lipinski definition) is 1. The van der Waals surface area contributed by atoms with E-state index in [-0.39, 0.29) is 17.9 Å². The van der Waals surface area contributed by atoms with Crippen molar-refractivity contribution in [2.24, 2.45) is 5.73 Å². The number of carbonyl (C=O) groups excluding carboxylic acids is 1. The summed E-state index contributed by atoms with van der Waals surface area (Å²) >= 11 is 0. The standard InChI is InChI=1S/C23H28N2O2/c1-27-19-10-11-20-17(12-19)8-5-9-18(20)13-23(26)25-14-21(22(24)15-25)16-6-3-2-4-7-16/h2-4,6-7,10-12,18,21-22H,5,8-9,13-15,24H2,1H3/t18?,21-,22+/m0/s1. The molecule has 0 saturated carbocycles. The maximum absolute atomic E-state index is 13.0. The summed E-state index contributed by atoms with van der Waals surface area (Å²) in [6.07, 6.45) is 3.85. The van der Waals surface area contributed by atoms with Gasteiger partial charge in [0.15, 0.2) is 0 Å². The summed E-state index contributed by atoms with van der Waals surface area (Å²) in [5.41, 5.74) is 10.3. The van der Waals surface area contributed by atoms with E-state index in [2.05, 4.69) is 24.3 Å². The van der Waals surface area contributed by atoms with E-state index < -0.39 is 0 Å². The number of methoxy groups -OCH3 is 1. The summed E-state index contributed by atoms with van der Waals surface area (Å²) in [6.45, 7) is 1.38. The Hall–Kier alpha value is -2.33. The molecule has 142 valence electrons. The molecule has 1 aliphatic heterocycles. The average molecular weight is 364 g/mol. The summed E-state index contributed by atoms with van der Waals surface area (Å²) in [7, 11) is 1.70. The van der Waals surface area contributed by atoms with Crippen LogP contribution in [0.2, 0.25) is 0 Å². The fraction of sp³-hybridized carbons (Fsp3) is 0.435. The second kappa shape index (κ2) is 7.73. The van der Waals surface area contributed by atoms with Crippen molar-refractivity contribution in [2.75, 3.05) is 20.2 Å². The zero-order valence-corrected chi connectivity index (χ0v) is 15.9. The minimum atomic E-state index is 0.0132. The van der Waals surface area contributed by atoms with Crippen LogP contribution in [0.4, 0.5) is 0 Å². The Morgan fingerprint density at radius 3 is 2.78 bits per heavy atom. The molecular weight excluding hydrogens is 336 g/mol. The van der Waals surface area contributed by atoms with Gasteiger partial charge in [-0.05, 0) is 54.0 Å². The molecular formula is C23H28N2O2. The zero-order chi connectivity index (χ0) is 18.8. The molecule has 0 aromatic heterocycles. The summed E-state index contributed by atoms with van der Waals surface area (Å²) in [5.74, 6) is 1.67. The van der Waals surface area contributed by atoms with Gasteiger partial charge in [0, 0.05) is 31.5 Å². The molecule has 2 aromatic carbocycles. The van der Waals surface area contributed by atoms with Gasteiger partial charge in [0.25, 0.3) is 0 Å². The van der Waals surface area contributed by atoms with E-state index in [9.17, 15) is 4.79 Å². The third-order valence-electron chi connectivity index (χ3n) is 6.16. The fourth-order valence-electron chi connectivity index (χ4n) is 4.66. The number of benzene rings is 2. The minimum Gasteiger partial charge on any atom is -0.497 e. The summed E-state index contributed by atoms with van der Waals surface area (Å²) < 4.78 is 5.35. The van der Waals surface area contributed by atoms with E-state index in [1.54, 1.807) is 7.11 Å². The number of fused-ring (bicyclic) bond motifs is 1. The molecule has 1 unspecified atom stereocenters. The van der Waals surface area contributed by atoms with E-state index in [1.165, 1.54) is 16.7 Å². The molecule has 0 bridgehead atoms. The third-order valence-corrected chi connectivity index (χ3v) is 6.16. The zero-order valence-electron chi connectivity index (χ0n) is 15.9. The summed E-state index contributed by atoms with van der Waals surface area (Å²) in [6, 6.07) is 16.6. The third kappa shape index (κ3) is 3.72. The van der Waals surface area contributed by atoms with E-state index in [4.69, 9.17) is 10.5 Å². The highest BCUT2D eigenvalue weighted by atomic mass is 16.5. The van der Waals surface area contributed by atoms with Crippen molar-refractivity contribution >= 4 is 5.91 Å². The van der Waals surface area contributed by atoms with Crippen molar-refractivity contribution in [3.05, 3.63) is 65.2 Å². The molecule has 1 fully saturated rings. The number of nitrogens with zero attached hydrogens (tertiary/aromatic N) is 1. The van der Waals surface area contributed by atoms with Gasteiger partial charge in [-0.2, -0.15) is 0 Å². The molecule has 4 heteroatoms. The van der Waals surface area contributed by atoms with Crippen molar-refractivity contribution in [1.29, 1.82) is 0 Å². The smallest absolute Gasteiger partial charge is 0.223 e. The Balaban J connectivity index is 1.45. The highest BCUT2D eigenvalue weighted by Gasteiger charge is 2.35. The van der Waals surface area contributed by atoms with Crippen LogP contribution in [0.5, 0.6) is 5.75 Å². The molecule has 4 rings (SSSR count). The highest BCUT2D eigenvalue weighted by molar-refractivity contribution is 5.78. The number of aryl methyl sites for hydroxylation is 1. The number of rotatable bonds is 4. The van der Waals surface area contributed by atoms with Crippen molar-refractivity contribution in [3.63, 3.8) is 0 Å². The number of ether oxygens (including phenoxy) is 1. The van der Waals surface area contributed by atoms with Gasteiger partial charge in [-0.25, -0.2) is 0 Å². The van der Waals surface area contributed by atoms with Crippen LogP contribution in [0.1, 0.15) is 47.8 Å². The lowest BCUT2D eigenvalue weighted by Gasteiger charge is -2.27. The monoisotopic (exact) mass is 364 g/mol. The van der Waals surface area contributed by atoms with Crippen LogP contribution in [-0.4, -0.2) is 37.0 Å². The molecule has 2 aromatic rings. The van der Waals surface area contributed by atoms with Crippen LogP contribution < -0.4 is 10.5 Å². The van der Waals surface area contributed by atoms with Gasteiger partial charge in [0.1, 0.15) is 5.75 Å². The second-order valence-corrected chi connectivity index (χ2v) is 7.84. The van der Waals surface area contributed by atoms with Gasteiger partial charge in [0.2, 0.25) is 5.91 Å². The maximum atomic E-state index is 13.0. The lowest BCUT2D eigenvalue weighted by Crippen LogP contribution is -2.33. The molecule has 1 saturated heterocycles. The first-order chi connectivity index (χ1) is 13.2. The topological polar surface area (TPSA) is 55.6 Å². The van der Waals surface area contributed by atoms with Gasteiger partial charge >= 0.3 is 0 Å². The molecule has 0 radical (unpaired) electrons. The van der Waals surface area contributed by atoms with Crippen molar-refractivity contribution < 1.29 is 9.53 Å². The van der Waals surface area contributed by atoms with E-state index >= 15 is 0 Å². The van der Waals surface area contributed by atoms with Crippen LogP contribution in [0, 0.1) is 0 Å². The first-order valence-electron chi connectivity index (χ1n) is 9.91. The molecule has 27 heavy (non-hydrogen) atoms. The molecule has 1 aliphatic carbocycles. The van der Waals surface area contributed by atoms with Crippen molar-refractivity contribution in [1.82, 2.24) is 4.90 Å². The summed E-state index contributed by atoms with van der Waals surface area (Å²) in [5, 5.41) is 0. The minimum absolute atomic E-state index is 0.0132. The van der Waals surface area contributed by atoms with E-state index in [0.29, 0.717) is 18.9 Å². The van der Waals surface area contributed by atoms with Crippen LogP contribution in [0.15, 0.2) is 48.5 Å². The number of likely N-dealkylation sites (tertiary alicyclic amines) is 1. The van der Waals surface area contributed by atoms with Gasteiger partial charge in [-0.3, -0.25) is 4.79 Å². The van der Waals surface area contributed by atoms with Crippen molar-refractivity contribution in [2.45, 2.75) is 43.6 Å². The SMILES string of the molecule is COc1ccc2c(c1)CCCC2CC(=O)N1C[C@@H](N)[C@H](c2ccccc2)C1. The molecule has 2 aliphatic rings. The Kier molecular flexibility index (Phi) is 5.17. The number of amides is 1. The normalized spacial score (nSPS) is 24.5. The first kappa shape index (κ1) is 18.1. The highest BCUT2D eigenvalue weighted by Crippen LogP contribution is 2.37. The molecule has 3 atom stereocenters. The largest absolute Gasteiger partial charge is 0.497 e. The van der Waals surface area contributed by atoms with Gasteiger partial charge in [0.05, 0.1) is 7.11 Å². The predicted octanol–water partition coefficient (Wildman–Crippen LogP) is 3.46. The van der Waals surface area contributed by atoms with Crippen molar-refractivity contribution in [3.8, 4) is 5.75 Å². The van der Waals surface area contributed by atoms with E-state index in [0.717, 1.165) is 31.6 Å². The number of hydrogen-bond acceptors (Lipinski definition) is 3. The fourth-order valence-corrected chi connectivity index (χ4v) is 4.66. The number of nitrogens with two attached hydrogens (primary N) is 1. The Morgan fingerprint density at radius 1 is 1.19 bits per heavy atom. The molecule has 1 amide bonds. The van der Waals surface area contributed by atoms with Crippen LogP contribution in [0.25, 0.3) is 0 Å². The summed E-state index contributed by atoms with van der Waals surface area (Å²) in [4.78, 5) is 15.0. The Bertz CT molecular complexity index is 805. The molecule has 4 nitrogen and oxygen atoms in total. The van der Waals surface area contributed by atoms with Crippen LogP contribution in [0.3, 0.4) is 0 Å². The van der Waals surface area contributed by atoms with Gasteiger partial charge in [-0.1, -0.05) is 36.4 Å². The van der Waals surface area contributed by atoms with E-state index in [1.807, 2.05) is 29.2 Å². The second-order valence-electron chi connectivity index (χ2n) is 7.84. The predicted molar refractivity (Wildman–Crippen MR) is 107 cm³/mol. The molecule has 1 heterocycles. The lowest BCUT2D eigenvalue weighted by atomic mass is 9.80. The van der Waals surface area contributed by atoms with Gasteiger partial charge in [-0.15, -0.1) is 0 Å². The van der Waals surface area contributed by atoms with Crippen LogP contribution in [-0.2, 0) is 11.2 Å². The number of carbonyl (C=O) groups is 1. The quantitative estimate of drug-likeness (QED) is 0.904. The van der Waals surface area contributed by atoms with Crippen LogP contribution >= 0.6 is 0 Å².